The van der Waals surface area contributed by atoms with Crippen molar-refractivity contribution in [1.82, 2.24) is 4.98 Å². The summed E-state index contributed by atoms with van der Waals surface area (Å²) in [6, 6.07) is 5.29. The van der Waals surface area contributed by atoms with Crippen LogP contribution in [0.1, 0.15) is 26.2 Å². The third kappa shape index (κ3) is 2.97. The first-order chi connectivity index (χ1) is 10.2. The maximum atomic E-state index is 10.8. The predicted molar refractivity (Wildman–Crippen MR) is 83.8 cm³/mol. The van der Waals surface area contributed by atoms with E-state index >= 15 is 0 Å². The van der Waals surface area contributed by atoms with Gasteiger partial charge in [-0.1, -0.05) is 13.3 Å². The van der Waals surface area contributed by atoms with Crippen molar-refractivity contribution in [2.45, 2.75) is 37.5 Å². The van der Waals surface area contributed by atoms with Gasteiger partial charge in [0.15, 0.2) is 5.58 Å². The van der Waals surface area contributed by atoms with Crippen molar-refractivity contribution in [2.24, 2.45) is 0 Å². The third-order valence-electron chi connectivity index (χ3n) is 3.72. The summed E-state index contributed by atoms with van der Waals surface area (Å²) in [5.74, 6) is 1.10. The molecule has 6 nitrogen and oxygen atoms in total. The van der Waals surface area contributed by atoms with Gasteiger partial charge in [-0.05, 0) is 24.7 Å². The summed E-state index contributed by atoms with van der Waals surface area (Å²) < 4.78 is 5.64. The molecule has 1 saturated carbocycles. The molecule has 1 N–H and O–H groups in total. The Kier molecular flexibility index (Phi) is 4.01. The van der Waals surface area contributed by atoms with Crippen LogP contribution in [0, 0.1) is 10.1 Å². The number of aromatic nitrogens is 1. The van der Waals surface area contributed by atoms with Crippen LogP contribution < -0.4 is 5.32 Å². The van der Waals surface area contributed by atoms with Gasteiger partial charge in [-0.25, -0.2) is 0 Å². The van der Waals surface area contributed by atoms with E-state index in [-0.39, 0.29) is 5.69 Å². The number of hydrogen-bond acceptors (Lipinski definition) is 6. The van der Waals surface area contributed by atoms with Crippen molar-refractivity contribution in [3.8, 4) is 0 Å². The molecule has 7 heteroatoms. The van der Waals surface area contributed by atoms with Gasteiger partial charge >= 0.3 is 0 Å². The molecule has 1 aromatic heterocycles. The topological polar surface area (TPSA) is 81.2 Å². The van der Waals surface area contributed by atoms with Gasteiger partial charge in [0, 0.05) is 23.4 Å². The number of benzene rings is 1. The molecule has 2 aromatic rings. The van der Waals surface area contributed by atoms with Gasteiger partial charge in [-0.15, -0.1) is 0 Å². The summed E-state index contributed by atoms with van der Waals surface area (Å²) in [4.78, 5) is 14.7. The van der Waals surface area contributed by atoms with Crippen molar-refractivity contribution in [3.05, 3.63) is 28.3 Å². The van der Waals surface area contributed by atoms with E-state index in [0.717, 1.165) is 12.2 Å². The number of oxazole rings is 1. The zero-order chi connectivity index (χ0) is 14.8. The van der Waals surface area contributed by atoms with Crippen LogP contribution in [0.5, 0.6) is 0 Å². The molecule has 112 valence electrons. The number of anilines is 1. The van der Waals surface area contributed by atoms with E-state index in [2.05, 4.69) is 17.2 Å². The monoisotopic (exact) mass is 307 g/mol. The average Bonchev–Trinajstić information content (AvgIpc) is 3.05. The zero-order valence-electron chi connectivity index (χ0n) is 11.7. The highest BCUT2D eigenvalue weighted by Crippen LogP contribution is 2.33. The summed E-state index contributed by atoms with van der Waals surface area (Å²) >= 11 is 1.96. The predicted octanol–water partition coefficient (Wildman–Crippen LogP) is 3.82. The summed E-state index contributed by atoms with van der Waals surface area (Å²) in [6.45, 7) is 2.17. The van der Waals surface area contributed by atoms with Crippen molar-refractivity contribution in [2.75, 3.05) is 11.1 Å². The van der Waals surface area contributed by atoms with Gasteiger partial charge < -0.3 is 9.73 Å². The largest absolute Gasteiger partial charge is 0.424 e. The molecule has 0 saturated heterocycles. The van der Waals surface area contributed by atoms with E-state index in [1.165, 1.54) is 25.0 Å². The number of non-ortho nitro benzene ring substituents is 1. The molecule has 0 spiro atoms. The number of thioether (sulfide) groups is 1. The molecule has 1 heterocycles. The number of nitrogens with zero attached hydrogens (tertiary/aromatic N) is 2. The van der Waals surface area contributed by atoms with Gasteiger partial charge in [-0.3, -0.25) is 10.1 Å². The molecular formula is C14H17N3O3S. The Morgan fingerprint density at radius 2 is 2.38 bits per heavy atom. The van der Waals surface area contributed by atoms with Gasteiger partial charge in [0.1, 0.15) is 5.52 Å². The lowest BCUT2D eigenvalue weighted by Gasteiger charge is -2.18. The maximum Gasteiger partial charge on any atom is 0.295 e. The molecule has 1 aromatic carbocycles. The molecule has 1 aliphatic rings. The fraction of sp³-hybridized carbons (Fsp3) is 0.500. The first kappa shape index (κ1) is 14.2. The Balaban J connectivity index is 1.79. The molecule has 2 unspecified atom stereocenters. The van der Waals surface area contributed by atoms with Gasteiger partial charge in [0.05, 0.1) is 4.92 Å². The van der Waals surface area contributed by atoms with Crippen LogP contribution in [0.3, 0.4) is 0 Å². The highest BCUT2D eigenvalue weighted by molar-refractivity contribution is 7.99. The van der Waals surface area contributed by atoms with E-state index in [1.807, 2.05) is 11.8 Å². The van der Waals surface area contributed by atoms with Crippen LogP contribution in [0.25, 0.3) is 11.1 Å². The van der Waals surface area contributed by atoms with E-state index in [0.29, 0.717) is 28.4 Å². The van der Waals surface area contributed by atoms with Gasteiger partial charge in [0.25, 0.3) is 11.7 Å². The first-order valence-electron chi connectivity index (χ1n) is 7.10. The summed E-state index contributed by atoms with van der Waals surface area (Å²) in [5, 5.41) is 14.7. The summed E-state index contributed by atoms with van der Waals surface area (Å²) in [6.07, 6.45) is 3.53. The second kappa shape index (κ2) is 5.93. The molecule has 0 radical (unpaired) electrons. The van der Waals surface area contributed by atoms with Crippen LogP contribution in [0.2, 0.25) is 0 Å². The summed E-state index contributed by atoms with van der Waals surface area (Å²) in [7, 11) is 0. The number of nitro groups is 1. The quantitative estimate of drug-likeness (QED) is 0.668. The number of hydrogen-bond donors (Lipinski definition) is 1. The zero-order valence-corrected chi connectivity index (χ0v) is 12.6. The van der Waals surface area contributed by atoms with E-state index < -0.39 is 4.92 Å². The van der Waals surface area contributed by atoms with Crippen molar-refractivity contribution < 1.29 is 9.34 Å². The van der Waals surface area contributed by atoms with Crippen LogP contribution in [-0.2, 0) is 0 Å². The Labute approximate surface area is 126 Å². The molecule has 0 amide bonds. The minimum Gasteiger partial charge on any atom is -0.424 e. The van der Waals surface area contributed by atoms with Crippen molar-refractivity contribution >= 4 is 34.6 Å². The smallest absolute Gasteiger partial charge is 0.295 e. The highest BCUT2D eigenvalue weighted by Gasteiger charge is 2.28. The minimum absolute atomic E-state index is 0.0302. The average molecular weight is 307 g/mol. The minimum atomic E-state index is -0.424. The second-order valence-electron chi connectivity index (χ2n) is 5.10. The van der Waals surface area contributed by atoms with Crippen LogP contribution in [-0.4, -0.2) is 27.0 Å². The molecule has 3 rings (SSSR count). The van der Waals surface area contributed by atoms with E-state index in [9.17, 15) is 10.1 Å². The lowest BCUT2D eigenvalue weighted by molar-refractivity contribution is -0.384. The number of rotatable bonds is 5. The Morgan fingerprint density at radius 1 is 1.52 bits per heavy atom. The third-order valence-corrected chi connectivity index (χ3v) is 5.05. The van der Waals surface area contributed by atoms with E-state index in [4.69, 9.17) is 4.42 Å². The van der Waals surface area contributed by atoms with Crippen LogP contribution >= 0.6 is 11.8 Å². The van der Waals surface area contributed by atoms with E-state index in [1.54, 1.807) is 6.07 Å². The molecule has 21 heavy (non-hydrogen) atoms. The molecular weight excluding hydrogens is 290 g/mol. The summed E-state index contributed by atoms with van der Waals surface area (Å²) in [5.41, 5.74) is 1.12. The number of nitrogens with one attached hydrogen (secondary N) is 1. The Hall–Kier alpha value is -1.76. The van der Waals surface area contributed by atoms with Crippen LogP contribution in [0.4, 0.5) is 11.7 Å². The van der Waals surface area contributed by atoms with Crippen molar-refractivity contribution in [1.29, 1.82) is 0 Å². The Morgan fingerprint density at radius 3 is 3.14 bits per heavy atom. The van der Waals surface area contributed by atoms with Crippen LogP contribution in [0.15, 0.2) is 22.6 Å². The number of fused-ring (bicyclic) bond motifs is 1. The maximum absolute atomic E-state index is 10.8. The molecule has 1 fully saturated rings. The normalized spacial score (nSPS) is 21.8. The van der Waals surface area contributed by atoms with Gasteiger partial charge in [-0.2, -0.15) is 16.7 Å². The highest BCUT2D eigenvalue weighted by atomic mass is 32.2. The lowest BCUT2D eigenvalue weighted by atomic mass is 10.2. The van der Waals surface area contributed by atoms with Gasteiger partial charge in [0.2, 0.25) is 0 Å². The lowest BCUT2D eigenvalue weighted by Crippen LogP contribution is -2.26. The SMILES string of the molecule is CCSC1CCCC1Nc1nc2cc([N+](=O)[O-])ccc2o1. The first-order valence-corrected chi connectivity index (χ1v) is 8.15. The fourth-order valence-electron chi connectivity index (χ4n) is 2.75. The molecule has 0 aliphatic heterocycles. The molecule has 2 atom stereocenters. The molecule has 0 bridgehead atoms. The Bertz CT molecular complexity index is 658. The van der Waals surface area contributed by atoms with Crippen molar-refractivity contribution in [3.63, 3.8) is 0 Å². The fourth-order valence-corrected chi connectivity index (χ4v) is 3.95. The number of nitro benzene ring substituents is 1. The molecule has 1 aliphatic carbocycles. The standard InChI is InChI=1S/C14H17N3O3S/c1-2-21-13-5-3-4-10(13)15-14-16-11-8-9(17(18)19)6-7-12(11)20-14/h6-8,10,13H,2-5H2,1H3,(H,15,16). The second-order valence-corrected chi connectivity index (χ2v) is 6.62.